The molecule has 0 aliphatic carbocycles. The number of rotatable bonds is 4. The van der Waals surface area contributed by atoms with Gasteiger partial charge < -0.3 is 10.1 Å². The molecule has 7 heteroatoms. The van der Waals surface area contributed by atoms with Crippen LogP contribution in [0.1, 0.15) is 19.4 Å². The molecule has 0 saturated heterocycles. The van der Waals surface area contributed by atoms with Crippen LogP contribution in [-0.4, -0.2) is 27.0 Å². The molecule has 1 rings (SSSR count). The van der Waals surface area contributed by atoms with Gasteiger partial charge in [0, 0.05) is 12.8 Å². The molecule has 3 N–H and O–H groups in total. The molecule has 1 aromatic rings. The van der Waals surface area contributed by atoms with E-state index >= 15 is 0 Å². The van der Waals surface area contributed by atoms with Gasteiger partial charge in [-0.25, -0.2) is 13.6 Å². The molecule has 0 radical (unpaired) electrons. The van der Waals surface area contributed by atoms with Gasteiger partial charge in [-0.3, -0.25) is 4.79 Å². The molecule has 1 amide bonds. The van der Waals surface area contributed by atoms with Crippen LogP contribution in [0.15, 0.2) is 23.1 Å². The molecule has 1 aromatic carbocycles. The summed E-state index contributed by atoms with van der Waals surface area (Å²) < 4.78 is 27.8. The molecule has 6 nitrogen and oxygen atoms in total. The zero-order chi connectivity index (χ0) is 14.8. The molecular weight excluding hydrogens is 268 g/mol. The van der Waals surface area contributed by atoms with E-state index in [1.54, 1.807) is 26.8 Å². The summed E-state index contributed by atoms with van der Waals surface area (Å²) >= 11 is 0. The predicted octanol–water partition coefficient (Wildman–Crippen LogP) is 1.01. The van der Waals surface area contributed by atoms with E-state index in [0.717, 1.165) is 0 Å². The fourth-order valence-corrected chi connectivity index (χ4v) is 2.23. The van der Waals surface area contributed by atoms with Crippen LogP contribution in [0, 0.1) is 6.92 Å². The lowest BCUT2D eigenvalue weighted by molar-refractivity contribution is -0.133. The third-order valence-corrected chi connectivity index (χ3v) is 3.95. The first-order chi connectivity index (χ1) is 8.59. The van der Waals surface area contributed by atoms with Gasteiger partial charge in [0.05, 0.1) is 4.90 Å². The van der Waals surface area contributed by atoms with Crippen LogP contribution in [-0.2, 0) is 19.6 Å². The maximum absolute atomic E-state index is 12.0. The molecule has 0 heterocycles. The fourth-order valence-electron chi connectivity index (χ4n) is 1.42. The van der Waals surface area contributed by atoms with Gasteiger partial charge in [-0.1, -0.05) is 6.07 Å². The third-order valence-electron chi connectivity index (χ3n) is 2.90. The number of sulfonamides is 1. The quantitative estimate of drug-likeness (QED) is 0.862. The van der Waals surface area contributed by atoms with Crippen LogP contribution in [0.4, 0.5) is 5.69 Å². The number of nitrogens with two attached hydrogens (primary N) is 1. The third kappa shape index (κ3) is 3.52. The van der Waals surface area contributed by atoms with Crippen molar-refractivity contribution in [3.8, 4) is 0 Å². The van der Waals surface area contributed by atoms with Gasteiger partial charge in [-0.15, -0.1) is 0 Å². The number of hydrogen-bond acceptors (Lipinski definition) is 4. The lowest BCUT2D eigenvalue weighted by Gasteiger charge is -2.22. The Labute approximate surface area is 113 Å². The maximum Gasteiger partial charge on any atom is 0.256 e. The van der Waals surface area contributed by atoms with E-state index in [2.05, 4.69) is 5.32 Å². The highest BCUT2D eigenvalue weighted by Gasteiger charge is 2.27. The summed E-state index contributed by atoms with van der Waals surface area (Å²) in [7, 11) is -2.39. The molecule has 0 bridgehead atoms. The van der Waals surface area contributed by atoms with Crippen molar-refractivity contribution in [1.82, 2.24) is 0 Å². The van der Waals surface area contributed by atoms with Crippen molar-refractivity contribution in [3.05, 3.63) is 23.8 Å². The first-order valence-electron chi connectivity index (χ1n) is 5.58. The summed E-state index contributed by atoms with van der Waals surface area (Å²) in [5, 5.41) is 7.73. The minimum Gasteiger partial charge on any atom is -0.369 e. The molecule has 0 atom stereocenters. The van der Waals surface area contributed by atoms with E-state index in [4.69, 9.17) is 9.88 Å². The van der Waals surface area contributed by atoms with Gasteiger partial charge in [0.15, 0.2) is 0 Å². The zero-order valence-electron chi connectivity index (χ0n) is 11.4. The Morgan fingerprint density at radius 1 is 1.37 bits per heavy atom. The Bertz CT molecular complexity index is 594. The van der Waals surface area contributed by atoms with Gasteiger partial charge in [-0.2, -0.15) is 0 Å². The Morgan fingerprint density at radius 2 is 1.95 bits per heavy atom. The van der Waals surface area contributed by atoms with Crippen molar-refractivity contribution in [3.63, 3.8) is 0 Å². The second-order valence-corrected chi connectivity index (χ2v) is 6.17. The lowest BCUT2D eigenvalue weighted by Crippen LogP contribution is -2.39. The molecule has 106 valence electrons. The number of benzene rings is 1. The van der Waals surface area contributed by atoms with Crippen molar-refractivity contribution < 1.29 is 17.9 Å². The van der Waals surface area contributed by atoms with E-state index < -0.39 is 15.6 Å². The number of primary sulfonamides is 1. The largest absolute Gasteiger partial charge is 0.369 e. The van der Waals surface area contributed by atoms with Crippen LogP contribution in [0.3, 0.4) is 0 Å². The monoisotopic (exact) mass is 286 g/mol. The Hall–Kier alpha value is -1.44. The van der Waals surface area contributed by atoms with Gasteiger partial charge in [0.25, 0.3) is 5.91 Å². The summed E-state index contributed by atoms with van der Waals surface area (Å²) in [6.45, 7) is 4.80. The van der Waals surface area contributed by atoms with Gasteiger partial charge in [0.2, 0.25) is 10.0 Å². The van der Waals surface area contributed by atoms with Gasteiger partial charge in [-0.05, 0) is 38.5 Å². The Kier molecular flexibility index (Phi) is 4.34. The van der Waals surface area contributed by atoms with E-state index in [-0.39, 0.29) is 10.8 Å². The molecule has 0 spiro atoms. The molecule has 0 unspecified atom stereocenters. The van der Waals surface area contributed by atoms with Crippen LogP contribution < -0.4 is 10.5 Å². The minimum atomic E-state index is -3.82. The average molecular weight is 286 g/mol. The molecule has 0 fully saturated rings. The molecule has 0 aliphatic rings. The number of anilines is 1. The predicted molar refractivity (Wildman–Crippen MR) is 72.3 cm³/mol. The number of hydrogen-bond donors (Lipinski definition) is 2. The molecule has 0 aliphatic heterocycles. The summed E-state index contributed by atoms with van der Waals surface area (Å²) in [6.07, 6.45) is 0. The van der Waals surface area contributed by atoms with Crippen LogP contribution >= 0.6 is 0 Å². The lowest BCUT2D eigenvalue weighted by atomic mass is 10.1. The fraction of sp³-hybridized carbons (Fsp3) is 0.417. The Balaban J connectivity index is 3.15. The van der Waals surface area contributed by atoms with Crippen molar-refractivity contribution in [2.24, 2.45) is 5.14 Å². The second kappa shape index (κ2) is 5.28. The van der Waals surface area contributed by atoms with Gasteiger partial charge >= 0.3 is 0 Å². The molecule has 0 aromatic heterocycles. The number of ether oxygens (including phenoxy) is 1. The molecule has 19 heavy (non-hydrogen) atoms. The zero-order valence-corrected chi connectivity index (χ0v) is 12.2. The highest BCUT2D eigenvalue weighted by atomic mass is 32.2. The van der Waals surface area contributed by atoms with Crippen LogP contribution in [0.25, 0.3) is 0 Å². The minimum absolute atomic E-state index is 0.0134. The number of methoxy groups -OCH3 is 1. The highest BCUT2D eigenvalue weighted by molar-refractivity contribution is 7.89. The number of carbonyl (C=O) groups is 1. The number of carbonyl (C=O) groups excluding carboxylic acids is 1. The SMILES string of the molecule is COC(C)(C)C(=O)Nc1cccc(S(N)(=O)=O)c1C. The van der Waals surface area contributed by atoms with E-state index in [1.165, 1.54) is 19.2 Å². The van der Waals surface area contributed by atoms with E-state index in [1.807, 2.05) is 0 Å². The highest BCUT2D eigenvalue weighted by Crippen LogP contribution is 2.23. The average Bonchev–Trinajstić information content (AvgIpc) is 2.30. The first kappa shape index (κ1) is 15.6. The summed E-state index contributed by atoms with van der Waals surface area (Å²) in [5.74, 6) is -0.371. The van der Waals surface area contributed by atoms with Crippen LogP contribution in [0.2, 0.25) is 0 Å². The second-order valence-electron chi connectivity index (χ2n) is 4.64. The van der Waals surface area contributed by atoms with E-state index in [0.29, 0.717) is 11.3 Å². The Morgan fingerprint density at radius 3 is 2.42 bits per heavy atom. The summed E-state index contributed by atoms with van der Waals surface area (Å²) in [4.78, 5) is 11.9. The smallest absolute Gasteiger partial charge is 0.256 e. The topological polar surface area (TPSA) is 98.5 Å². The van der Waals surface area contributed by atoms with Crippen LogP contribution in [0.5, 0.6) is 0 Å². The standard InChI is InChI=1S/C12H18N2O4S/c1-8-9(14-11(15)12(2,3)18-4)6-5-7-10(8)19(13,16)17/h5-7H,1-4H3,(H,14,15)(H2,13,16,17). The van der Waals surface area contributed by atoms with Crippen molar-refractivity contribution in [2.75, 3.05) is 12.4 Å². The number of amides is 1. The van der Waals surface area contributed by atoms with Crippen molar-refractivity contribution in [1.29, 1.82) is 0 Å². The number of nitrogens with one attached hydrogen (secondary N) is 1. The van der Waals surface area contributed by atoms with Crippen molar-refractivity contribution in [2.45, 2.75) is 31.3 Å². The van der Waals surface area contributed by atoms with Crippen molar-refractivity contribution >= 4 is 21.6 Å². The van der Waals surface area contributed by atoms with Gasteiger partial charge in [0.1, 0.15) is 5.60 Å². The van der Waals surface area contributed by atoms with E-state index in [9.17, 15) is 13.2 Å². The molecular formula is C12H18N2O4S. The first-order valence-corrected chi connectivity index (χ1v) is 7.13. The molecule has 0 saturated carbocycles. The maximum atomic E-state index is 12.0. The summed E-state index contributed by atoms with van der Waals surface area (Å²) in [5.41, 5.74) is -0.226. The normalized spacial score (nSPS) is 12.3. The summed E-state index contributed by atoms with van der Waals surface area (Å²) in [6, 6.07) is 4.51.